The van der Waals surface area contributed by atoms with Crippen LogP contribution in [0.4, 0.5) is 5.69 Å². The van der Waals surface area contributed by atoms with Crippen LogP contribution in [0.5, 0.6) is 0 Å². The zero-order valence-electron chi connectivity index (χ0n) is 13.7. The third-order valence-electron chi connectivity index (χ3n) is 4.92. The van der Waals surface area contributed by atoms with E-state index in [0.717, 1.165) is 24.2 Å². The van der Waals surface area contributed by atoms with E-state index in [-0.39, 0.29) is 5.54 Å². The minimum atomic E-state index is 0.138. The second-order valence-electron chi connectivity index (χ2n) is 7.70. The predicted molar refractivity (Wildman–Crippen MR) is 88.5 cm³/mol. The van der Waals surface area contributed by atoms with E-state index in [1.165, 1.54) is 44.3 Å². The summed E-state index contributed by atoms with van der Waals surface area (Å²) in [5, 5.41) is 3.53. The molecule has 1 aliphatic carbocycles. The Kier molecular flexibility index (Phi) is 4.21. The minimum Gasteiger partial charge on any atom is -0.368 e. The number of aromatic nitrogens is 1. The molecule has 2 fully saturated rings. The van der Waals surface area contributed by atoms with Gasteiger partial charge in [-0.3, -0.25) is 4.98 Å². The molecular formula is C18H29N3. The Bertz CT molecular complexity index is 478. The fourth-order valence-corrected chi connectivity index (χ4v) is 3.87. The van der Waals surface area contributed by atoms with E-state index in [0.29, 0.717) is 0 Å². The standard InChI is InChI=1S/C18H29N3/c1-18(2,3)20-13-15-12-16(9-10-19-15)21-11-5-7-14-6-4-8-17(14)21/h9-10,12,14,17,20H,4-8,11,13H2,1-3H3. The molecule has 21 heavy (non-hydrogen) atoms. The highest BCUT2D eigenvalue weighted by molar-refractivity contribution is 5.48. The number of pyridine rings is 1. The Morgan fingerprint density at radius 1 is 1.24 bits per heavy atom. The molecule has 2 aliphatic rings. The van der Waals surface area contributed by atoms with Crippen LogP contribution in [0.15, 0.2) is 18.3 Å². The number of fused-ring (bicyclic) bond motifs is 1. The summed E-state index contributed by atoms with van der Waals surface area (Å²) in [6.07, 6.45) is 8.99. The van der Waals surface area contributed by atoms with Gasteiger partial charge in [0, 0.05) is 36.6 Å². The van der Waals surface area contributed by atoms with Gasteiger partial charge in [0.2, 0.25) is 0 Å². The van der Waals surface area contributed by atoms with E-state index in [9.17, 15) is 0 Å². The summed E-state index contributed by atoms with van der Waals surface area (Å²) in [6.45, 7) is 8.66. The summed E-state index contributed by atoms with van der Waals surface area (Å²) in [5.74, 6) is 0.933. The second kappa shape index (κ2) is 5.96. The van der Waals surface area contributed by atoms with E-state index in [4.69, 9.17) is 0 Å². The first-order valence-corrected chi connectivity index (χ1v) is 8.49. The average molecular weight is 287 g/mol. The molecule has 1 saturated carbocycles. The Labute approximate surface area is 129 Å². The van der Waals surface area contributed by atoms with Gasteiger partial charge in [-0.25, -0.2) is 0 Å². The Balaban J connectivity index is 1.73. The molecule has 3 rings (SSSR count). The summed E-state index contributed by atoms with van der Waals surface area (Å²) in [7, 11) is 0. The molecule has 116 valence electrons. The molecule has 2 unspecified atom stereocenters. The summed E-state index contributed by atoms with van der Waals surface area (Å²) < 4.78 is 0. The van der Waals surface area contributed by atoms with Gasteiger partial charge in [0.05, 0.1) is 5.69 Å². The van der Waals surface area contributed by atoms with Crippen molar-refractivity contribution in [1.29, 1.82) is 0 Å². The van der Waals surface area contributed by atoms with Gasteiger partial charge < -0.3 is 10.2 Å². The van der Waals surface area contributed by atoms with Crippen molar-refractivity contribution in [1.82, 2.24) is 10.3 Å². The molecule has 0 spiro atoms. The number of piperidine rings is 1. The van der Waals surface area contributed by atoms with Crippen molar-refractivity contribution in [3.05, 3.63) is 24.0 Å². The molecule has 0 amide bonds. The lowest BCUT2D eigenvalue weighted by molar-refractivity contribution is 0.362. The van der Waals surface area contributed by atoms with Crippen LogP contribution in [0.25, 0.3) is 0 Å². The minimum absolute atomic E-state index is 0.138. The maximum Gasteiger partial charge on any atom is 0.0562 e. The van der Waals surface area contributed by atoms with Crippen molar-refractivity contribution in [2.24, 2.45) is 5.92 Å². The Morgan fingerprint density at radius 2 is 2.05 bits per heavy atom. The maximum atomic E-state index is 4.53. The van der Waals surface area contributed by atoms with Crippen LogP contribution in [-0.2, 0) is 6.54 Å². The fourth-order valence-electron chi connectivity index (χ4n) is 3.87. The van der Waals surface area contributed by atoms with Crippen molar-refractivity contribution in [2.45, 2.75) is 71.0 Å². The first kappa shape index (κ1) is 14.8. The molecule has 1 N–H and O–H groups in total. The van der Waals surface area contributed by atoms with Crippen LogP contribution in [0.3, 0.4) is 0 Å². The maximum absolute atomic E-state index is 4.53. The summed E-state index contributed by atoms with van der Waals surface area (Å²) >= 11 is 0. The van der Waals surface area contributed by atoms with Crippen molar-refractivity contribution < 1.29 is 0 Å². The molecule has 0 radical (unpaired) electrons. The van der Waals surface area contributed by atoms with E-state index in [1.54, 1.807) is 0 Å². The average Bonchev–Trinajstić information content (AvgIpc) is 2.93. The van der Waals surface area contributed by atoms with Crippen molar-refractivity contribution >= 4 is 5.69 Å². The summed E-state index contributed by atoms with van der Waals surface area (Å²) in [6, 6.07) is 5.27. The molecule has 2 heterocycles. The van der Waals surface area contributed by atoms with Gasteiger partial charge in [0.15, 0.2) is 0 Å². The van der Waals surface area contributed by atoms with Gasteiger partial charge in [-0.05, 0) is 64.5 Å². The van der Waals surface area contributed by atoms with Crippen LogP contribution in [-0.4, -0.2) is 23.1 Å². The monoisotopic (exact) mass is 287 g/mol. The molecular weight excluding hydrogens is 258 g/mol. The first-order valence-electron chi connectivity index (χ1n) is 8.49. The normalized spacial score (nSPS) is 26.0. The molecule has 2 atom stereocenters. The molecule has 1 aromatic heterocycles. The third kappa shape index (κ3) is 3.57. The van der Waals surface area contributed by atoms with E-state index in [2.05, 4.69) is 48.1 Å². The Morgan fingerprint density at radius 3 is 2.86 bits per heavy atom. The SMILES string of the molecule is CC(C)(C)NCc1cc(N2CCCC3CCCC32)ccn1. The van der Waals surface area contributed by atoms with E-state index in [1.807, 2.05) is 6.20 Å². The van der Waals surface area contributed by atoms with Crippen LogP contribution in [0.1, 0.15) is 58.6 Å². The molecule has 0 bridgehead atoms. The van der Waals surface area contributed by atoms with Gasteiger partial charge in [0.25, 0.3) is 0 Å². The summed E-state index contributed by atoms with van der Waals surface area (Å²) in [5.41, 5.74) is 2.68. The van der Waals surface area contributed by atoms with Crippen LogP contribution in [0, 0.1) is 5.92 Å². The second-order valence-corrected chi connectivity index (χ2v) is 7.70. The highest BCUT2D eigenvalue weighted by Gasteiger charge is 2.35. The van der Waals surface area contributed by atoms with Crippen molar-refractivity contribution in [2.75, 3.05) is 11.4 Å². The molecule has 1 saturated heterocycles. The lowest BCUT2D eigenvalue weighted by Crippen LogP contribution is -2.42. The lowest BCUT2D eigenvalue weighted by atomic mass is 9.91. The third-order valence-corrected chi connectivity index (χ3v) is 4.92. The van der Waals surface area contributed by atoms with Gasteiger partial charge >= 0.3 is 0 Å². The zero-order valence-corrected chi connectivity index (χ0v) is 13.7. The van der Waals surface area contributed by atoms with Gasteiger partial charge in [-0.15, -0.1) is 0 Å². The van der Waals surface area contributed by atoms with Crippen LogP contribution in [0.2, 0.25) is 0 Å². The fraction of sp³-hybridized carbons (Fsp3) is 0.722. The number of rotatable bonds is 3. The molecule has 1 aromatic rings. The van der Waals surface area contributed by atoms with Gasteiger partial charge in [0.1, 0.15) is 0 Å². The molecule has 1 aliphatic heterocycles. The van der Waals surface area contributed by atoms with E-state index < -0.39 is 0 Å². The van der Waals surface area contributed by atoms with Crippen molar-refractivity contribution in [3.63, 3.8) is 0 Å². The first-order chi connectivity index (χ1) is 10.0. The molecule has 0 aromatic carbocycles. The topological polar surface area (TPSA) is 28.2 Å². The Hall–Kier alpha value is -1.09. The number of hydrogen-bond donors (Lipinski definition) is 1. The lowest BCUT2D eigenvalue weighted by Gasteiger charge is -2.39. The molecule has 3 heteroatoms. The van der Waals surface area contributed by atoms with Crippen LogP contribution >= 0.6 is 0 Å². The highest BCUT2D eigenvalue weighted by atomic mass is 15.2. The van der Waals surface area contributed by atoms with Crippen LogP contribution < -0.4 is 10.2 Å². The smallest absolute Gasteiger partial charge is 0.0562 e. The summed E-state index contributed by atoms with van der Waals surface area (Å²) in [4.78, 5) is 7.19. The quantitative estimate of drug-likeness (QED) is 0.918. The predicted octanol–water partition coefficient (Wildman–Crippen LogP) is 3.74. The largest absolute Gasteiger partial charge is 0.368 e. The highest BCUT2D eigenvalue weighted by Crippen LogP contribution is 2.39. The molecule has 3 nitrogen and oxygen atoms in total. The van der Waals surface area contributed by atoms with Crippen molar-refractivity contribution in [3.8, 4) is 0 Å². The number of nitrogens with one attached hydrogen (secondary N) is 1. The van der Waals surface area contributed by atoms with E-state index >= 15 is 0 Å². The number of nitrogens with zero attached hydrogens (tertiary/aromatic N) is 2. The number of hydrogen-bond acceptors (Lipinski definition) is 3. The van der Waals surface area contributed by atoms with Gasteiger partial charge in [-0.2, -0.15) is 0 Å². The number of anilines is 1. The zero-order chi connectivity index (χ0) is 14.9. The van der Waals surface area contributed by atoms with Gasteiger partial charge in [-0.1, -0.05) is 6.42 Å².